The van der Waals surface area contributed by atoms with Crippen LogP contribution >= 0.6 is 11.6 Å². The predicted molar refractivity (Wildman–Crippen MR) is 73.5 cm³/mol. The highest BCUT2D eigenvalue weighted by atomic mass is 35.5. The van der Waals surface area contributed by atoms with Gasteiger partial charge < -0.3 is 14.8 Å². The van der Waals surface area contributed by atoms with E-state index in [2.05, 4.69) is 5.32 Å². The lowest BCUT2D eigenvalue weighted by molar-refractivity contribution is 0.185. The Balaban J connectivity index is 1.61. The van der Waals surface area contributed by atoms with Crippen molar-refractivity contribution in [3.63, 3.8) is 0 Å². The summed E-state index contributed by atoms with van der Waals surface area (Å²) in [6.45, 7) is 6.33. The largest absolute Gasteiger partial charge is 0.492 e. The molecule has 2 rings (SSSR count). The van der Waals surface area contributed by atoms with Gasteiger partial charge in [0.2, 0.25) is 0 Å². The van der Waals surface area contributed by atoms with Crippen molar-refractivity contribution in [2.45, 2.75) is 13.3 Å². The Morgan fingerprint density at radius 3 is 3.11 bits per heavy atom. The van der Waals surface area contributed by atoms with Crippen LogP contribution in [0, 0.1) is 12.8 Å². The summed E-state index contributed by atoms with van der Waals surface area (Å²) in [7, 11) is 0. The summed E-state index contributed by atoms with van der Waals surface area (Å²) in [5, 5.41) is 4.17. The normalized spacial score (nSPS) is 19.1. The molecule has 1 aliphatic heterocycles. The third-order valence-corrected chi connectivity index (χ3v) is 3.56. The van der Waals surface area contributed by atoms with Crippen molar-refractivity contribution < 1.29 is 9.47 Å². The van der Waals surface area contributed by atoms with Crippen LogP contribution in [0.5, 0.6) is 5.75 Å². The second-order valence-electron chi connectivity index (χ2n) is 4.69. The van der Waals surface area contributed by atoms with Gasteiger partial charge in [-0.05, 0) is 43.0 Å². The molecule has 1 atom stereocenters. The topological polar surface area (TPSA) is 30.5 Å². The number of rotatable bonds is 6. The third-order valence-electron chi connectivity index (χ3n) is 3.13. The zero-order valence-corrected chi connectivity index (χ0v) is 11.5. The summed E-state index contributed by atoms with van der Waals surface area (Å²) >= 11 is 5.96. The van der Waals surface area contributed by atoms with Crippen LogP contribution in [0.25, 0.3) is 0 Å². The number of aryl methyl sites for hydroxylation is 1. The molecule has 0 amide bonds. The maximum absolute atomic E-state index is 5.96. The smallest absolute Gasteiger partial charge is 0.119 e. The van der Waals surface area contributed by atoms with Gasteiger partial charge in [-0.3, -0.25) is 0 Å². The first kappa shape index (κ1) is 13.7. The van der Waals surface area contributed by atoms with Crippen LogP contribution < -0.4 is 10.1 Å². The molecule has 0 radical (unpaired) electrons. The first-order valence-electron chi connectivity index (χ1n) is 6.43. The second kappa shape index (κ2) is 6.98. The minimum atomic E-state index is 0.669. The monoisotopic (exact) mass is 269 g/mol. The van der Waals surface area contributed by atoms with E-state index in [0.717, 1.165) is 42.6 Å². The van der Waals surface area contributed by atoms with Gasteiger partial charge in [0, 0.05) is 24.7 Å². The van der Waals surface area contributed by atoms with E-state index < -0.39 is 0 Å². The summed E-state index contributed by atoms with van der Waals surface area (Å²) in [5.74, 6) is 1.55. The average molecular weight is 270 g/mol. The van der Waals surface area contributed by atoms with E-state index in [0.29, 0.717) is 12.5 Å². The summed E-state index contributed by atoms with van der Waals surface area (Å²) in [6, 6.07) is 5.74. The van der Waals surface area contributed by atoms with E-state index in [9.17, 15) is 0 Å². The summed E-state index contributed by atoms with van der Waals surface area (Å²) in [5.41, 5.74) is 1.05. The van der Waals surface area contributed by atoms with Crippen LogP contribution in [-0.4, -0.2) is 32.9 Å². The van der Waals surface area contributed by atoms with E-state index in [1.54, 1.807) is 0 Å². The van der Waals surface area contributed by atoms with E-state index >= 15 is 0 Å². The molecular weight excluding hydrogens is 250 g/mol. The van der Waals surface area contributed by atoms with Gasteiger partial charge in [0.05, 0.1) is 6.61 Å². The Bertz CT molecular complexity index is 378. The molecule has 0 saturated carbocycles. The highest BCUT2D eigenvalue weighted by Crippen LogP contribution is 2.20. The fourth-order valence-electron chi connectivity index (χ4n) is 2.00. The van der Waals surface area contributed by atoms with E-state index in [1.165, 1.54) is 6.42 Å². The number of hydrogen-bond acceptors (Lipinski definition) is 3. The summed E-state index contributed by atoms with van der Waals surface area (Å²) in [6.07, 6.45) is 1.17. The quantitative estimate of drug-likeness (QED) is 0.806. The Kier molecular flexibility index (Phi) is 5.29. The van der Waals surface area contributed by atoms with Crippen molar-refractivity contribution in [3.05, 3.63) is 28.8 Å². The zero-order valence-electron chi connectivity index (χ0n) is 10.7. The van der Waals surface area contributed by atoms with Crippen molar-refractivity contribution in [2.24, 2.45) is 5.92 Å². The molecule has 1 N–H and O–H groups in total. The van der Waals surface area contributed by atoms with Gasteiger partial charge in [-0.15, -0.1) is 0 Å². The first-order chi connectivity index (χ1) is 8.75. The van der Waals surface area contributed by atoms with Crippen LogP contribution in [0.2, 0.25) is 5.02 Å². The first-order valence-corrected chi connectivity index (χ1v) is 6.81. The molecule has 0 aliphatic carbocycles. The molecule has 3 nitrogen and oxygen atoms in total. The number of benzene rings is 1. The molecule has 0 spiro atoms. The lowest BCUT2D eigenvalue weighted by Crippen LogP contribution is -2.27. The molecule has 1 saturated heterocycles. The maximum Gasteiger partial charge on any atom is 0.119 e. The van der Waals surface area contributed by atoms with E-state index in [4.69, 9.17) is 21.1 Å². The van der Waals surface area contributed by atoms with Gasteiger partial charge >= 0.3 is 0 Å². The lowest BCUT2D eigenvalue weighted by atomic mass is 10.1. The van der Waals surface area contributed by atoms with Crippen LogP contribution in [0.3, 0.4) is 0 Å². The van der Waals surface area contributed by atoms with Crippen LogP contribution in [0.1, 0.15) is 12.0 Å². The van der Waals surface area contributed by atoms with Gasteiger partial charge in [-0.2, -0.15) is 0 Å². The predicted octanol–water partition coefficient (Wildman–Crippen LogP) is 2.65. The molecule has 100 valence electrons. The fraction of sp³-hybridized carbons (Fsp3) is 0.571. The number of nitrogens with one attached hydrogen (secondary N) is 1. The third kappa shape index (κ3) is 4.16. The van der Waals surface area contributed by atoms with E-state index in [1.807, 2.05) is 25.1 Å². The van der Waals surface area contributed by atoms with Gasteiger partial charge in [0.15, 0.2) is 0 Å². The van der Waals surface area contributed by atoms with Crippen molar-refractivity contribution in [2.75, 3.05) is 32.9 Å². The second-order valence-corrected chi connectivity index (χ2v) is 5.10. The molecule has 1 aromatic carbocycles. The molecule has 18 heavy (non-hydrogen) atoms. The Morgan fingerprint density at radius 1 is 1.50 bits per heavy atom. The average Bonchev–Trinajstić information content (AvgIpc) is 2.86. The highest BCUT2D eigenvalue weighted by molar-refractivity contribution is 6.31. The zero-order chi connectivity index (χ0) is 12.8. The van der Waals surface area contributed by atoms with Gasteiger partial charge in [-0.25, -0.2) is 0 Å². The van der Waals surface area contributed by atoms with Crippen molar-refractivity contribution in [1.29, 1.82) is 0 Å². The Hall–Kier alpha value is -0.770. The Morgan fingerprint density at radius 2 is 2.39 bits per heavy atom. The van der Waals surface area contributed by atoms with Crippen molar-refractivity contribution in [3.8, 4) is 5.75 Å². The van der Waals surface area contributed by atoms with Crippen LogP contribution in [-0.2, 0) is 4.74 Å². The molecule has 1 unspecified atom stereocenters. The van der Waals surface area contributed by atoms with Gasteiger partial charge in [0.25, 0.3) is 0 Å². The molecule has 4 heteroatoms. The molecule has 0 bridgehead atoms. The molecular formula is C14H20ClNO2. The molecule has 1 heterocycles. The molecule has 1 aliphatic rings. The lowest BCUT2D eigenvalue weighted by Gasteiger charge is -2.11. The SMILES string of the molecule is Cc1cc(OCCNCC2CCOC2)ccc1Cl. The minimum Gasteiger partial charge on any atom is -0.492 e. The number of hydrogen-bond donors (Lipinski definition) is 1. The molecule has 1 fully saturated rings. The van der Waals surface area contributed by atoms with Crippen molar-refractivity contribution >= 4 is 11.6 Å². The standard InChI is InChI=1S/C14H20ClNO2/c1-11-8-13(2-3-14(11)15)18-7-5-16-9-12-4-6-17-10-12/h2-3,8,12,16H,4-7,9-10H2,1H3. The van der Waals surface area contributed by atoms with Crippen molar-refractivity contribution in [1.82, 2.24) is 5.32 Å². The van der Waals surface area contributed by atoms with Gasteiger partial charge in [0.1, 0.15) is 12.4 Å². The van der Waals surface area contributed by atoms with Gasteiger partial charge in [-0.1, -0.05) is 11.6 Å². The highest BCUT2D eigenvalue weighted by Gasteiger charge is 2.14. The maximum atomic E-state index is 5.96. The summed E-state index contributed by atoms with van der Waals surface area (Å²) in [4.78, 5) is 0. The molecule has 1 aromatic rings. The molecule has 0 aromatic heterocycles. The van der Waals surface area contributed by atoms with Crippen LogP contribution in [0.4, 0.5) is 0 Å². The van der Waals surface area contributed by atoms with Crippen LogP contribution in [0.15, 0.2) is 18.2 Å². The fourth-order valence-corrected chi connectivity index (χ4v) is 2.12. The Labute approximate surface area is 113 Å². The minimum absolute atomic E-state index is 0.669. The number of halogens is 1. The van der Waals surface area contributed by atoms with E-state index in [-0.39, 0.29) is 0 Å². The number of ether oxygens (including phenoxy) is 2. The summed E-state index contributed by atoms with van der Waals surface area (Å²) < 4.78 is 11.0.